The number of hydrogen-bond donors (Lipinski definition) is 0. The molecule has 70 valence electrons. The molecule has 0 N–H and O–H groups in total. The summed E-state index contributed by atoms with van der Waals surface area (Å²) < 4.78 is 5.73. The second-order valence-corrected chi connectivity index (χ2v) is 3.47. The molecule has 1 rings (SSSR count). The molecular weight excluding hydrogens is 148 g/mol. The Bertz CT molecular complexity index is 129. The molecule has 0 saturated heterocycles. The van der Waals surface area contributed by atoms with Crippen LogP contribution in [0.2, 0.25) is 0 Å². The van der Waals surface area contributed by atoms with Crippen molar-refractivity contribution in [3.05, 3.63) is 12.2 Å². The minimum atomic E-state index is 0.537. The molecule has 0 aliphatic heterocycles. The van der Waals surface area contributed by atoms with Gasteiger partial charge in [-0.2, -0.15) is 0 Å². The average Bonchev–Trinajstić information content (AvgIpc) is 2.02. The van der Waals surface area contributed by atoms with E-state index in [1.165, 1.54) is 32.1 Å². The normalized spacial score (nSPS) is 27.6. The van der Waals surface area contributed by atoms with Crippen molar-refractivity contribution in [1.82, 2.24) is 0 Å². The lowest BCUT2D eigenvalue weighted by Gasteiger charge is -2.17. The molecule has 0 saturated carbocycles. The largest absolute Gasteiger partial charge is 0.378 e. The van der Waals surface area contributed by atoms with E-state index < -0.39 is 0 Å². The van der Waals surface area contributed by atoms with Crippen LogP contribution >= 0.6 is 0 Å². The second kappa shape index (κ2) is 6.24. The third-order valence-corrected chi connectivity index (χ3v) is 2.28. The van der Waals surface area contributed by atoms with Gasteiger partial charge in [0.15, 0.2) is 0 Å². The van der Waals surface area contributed by atoms with Gasteiger partial charge in [0, 0.05) is 6.61 Å². The molecule has 1 aliphatic rings. The van der Waals surface area contributed by atoms with Crippen molar-refractivity contribution >= 4 is 0 Å². The zero-order valence-electron chi connectivity index (χ0n) is 8.09. The second-order valence-electron chi connectivity index (χ2n) is 3.47. The third kappa shape index (κ3) is 3.91. The monoisotopic (exact) mass is 168 g/mol. The SMILES string of the molecule is CCCOC1CC/C=C/CCC1. The molecule has 0 spiro atoms. The highest BCUT2D eigenvalue weighted by atomic mass is 16.5. The molecular formula is C11H20O. The third-order valence-electron chi connectivity index (χ3n) is 2.28. The summed E-state index contributed by atoms with van der Waals surface area (Å²) in [7, 11) is 0. The highest BCUT2D eigenvalue weighted by Crippen LogP contribution is 2.15. The minimum absolute atomic E-state index is 0.537. The van der Waals surface area contributed by atoms with Gasteiger partial charge in [-0.3, -0.25) is 0 Å². The first kappa shape index (κ1) is 9.79. The molecule has 1 unspecified atom stereocenters. The molecule has 0 radical (unpaired) electrons. The summed E-state index contributed by atoms with van der Waals surface area (Å²) in [5.41, 5.74) is 0. The van der Waals surface area contributed by atoms with E-state index in [0.717, 1.165) is 13.0 Å². The lowest BCUT2D eigenvalue weighted by atomic mass is 10.0. The smallest absolute Gasteiger partial charge is 0.0578 e. The Morgan fingerprint density at radius 1 is 1.25 bits per heavy atom. The van der Waals surface area contributed by atoms with E-state index in [4.69, 9.17) is 4.74 Å². The van der Waals surface area contributed by atoms with Crippen molar-refractivity contribution in [2.45, 2.75) is 51.6 Å². The van der Waals surface area contributed by atoms with Crippen LogP contribution in [-0.2, 0) is 4.74 Å². The van der Waals surface area contributed by atoms with Crippen LogP contribution in [0.15, 0.2) is 12.2 Å². The van der Waals surface area contributed by atoms with Gasteiger partial charge in [-0.25, -0.2) is 0 Å². The van der Waals surface area contributed by atoms with Gasteiger partial charge in [-0.15, -0.1) is 0 Å². The van der Waals surface area contributed by atoms with Crippen molar-refractivity contribution < 1.29 is 4.74 Å². The van der Waals surface area contributed by atoms with E-state index in [1.807, 2.05) is 0 Å². The van der Waals surface area contributed by atoms with E-state index in [-0.39, 0.29) is 0 Å². The van der Waals surface area contributed by atoms with Crippen molar-refractivity contribution in [2.75, 3.05) is 6.61 Å². The van der Waals surface area contributed by atoms with Crippen LogP contribution in [0.4, 0.5) is 0 Å². The maximum Gasteiger partial charge on any atom is 0.0578 e. The summed E-state index contributed by atoms with van der Waals surface area (Å²) in [5.74, 6) is 0. The van der Waals surface area contributed by atoms with Crippen LogP contribution in [0.5, 0.6) is 0 Å². The van der Waals surface area contributed by atoms with Crippen LogP contribution in [0.1, 0.15) is 45.4 Å². The van der Waals surface area contributed by atoms with Gasteiger partial charge in [0.2, 0.25) is 0 Å². The van der Waals surface area contributed by atoms with Gasteiger partial charge in [0.05, 0.1) is 6.10 Å². The Kier molecular flexibility index (Phi) is 5.09. The zero-order valence-corrected chi connectivity index (χ0v) is 8.09. The predicted molar refractivity (Wildman–Crippen MR) is 52.3 cm³/mol. The average molecular weight is 168 g/mol. The molecule has 1 nitrogen and oxygen atoms in total. The maximum atomic E-state index is 5.73. The fourth-order valence-electron chi connectivity index (χ4n) is 1.58. The van der Waals surface area contributed by atoms with E-state index in [2.05, 4.69) is 19.1 Å². The van der Waals surface area contributed by atoms with Crippen LogP contribution < -0.4 is 0 Å². The number of hydrogen-bond acceptors (Lipinski definition) is 1. The summed E-state index contributed by atoms with van der Waals surface area (Å²) in [6, 6.07) is 0. The summed E-state index contributed by atoms with van der Waals surface area (Å²) in [6.45, 7) is 3.11. The van der Waals surface area contributed by atoms with Gasteiger partial charge in [0.1, 0.15) is 0 Å². The van der Waals surface area contributed by atoms with Crippen molar-refractivity contribution in [2.24, 2.45) is 0 Å². The topological polar surface area (TPSA) is 9.23 Å². The fourth-order valence-corrected chi connectivity index (χ4v) is 1.58. The quantitative estimate of drug-likeness (QED) is 0.587. The van der Waals surface area contributed by atoms with Crippen LogP contribution in [0, 0.1) is 0 Å². The highest BCUT2D eigenvalue weighted by molar-refractivity contribution is 4.85. The zero-order chi connectivity index (χ0) is 8.65. The van der Waals surface area contributed by atoms with Gasteiger partial charge >= 0.3 is 0 Å². The summed E-state index contributed by atoms with van der Waals surface area (Å²) in [5, 5.41) is 0. The first-order valence-electron chi connectivity index (χ1n) is 5.20. The van der Waals surface area contributed by atoms with Gasteiger partial charge in [-0.05, 0) is 38.5 Å². The Morgan fingerprint density at radius 3 is 2.92 bits per heavy atom. The lowest BCUT2D eigenvalue weighted by Crippen LogP contribution is -2.13. The molecule has 0 aromatic rings. The first-order valence-corrected chi connectivity index (χ1v) is 5.20. The number of allylic oxidation sites excluding steroid dienone is 2. The van der Waals surface area contributed by atoms with Gasteiger partial charge < -0.3 is 4.74 Å². The summed E-state index contributed by atoms with van der Waals surface area (Å²) in [6.07, 6.45) is 12.5. The molecule has 0 bridgehead atoms. The number of rotatable bonds is 3. The standard InChI is InChI=1S/C11H20O/c1-2-10-12-11-8-6-4-3-5-7-9-11/h3-4,11H,2,5-10H2,1H3/b4-3+. The van der Waals surface area contributed by atoms with Crippen LogP contribution in [0.3, 0.4) is 0 Å². The minimum Gasteiger partial charge on any atom is -0.378 e. The van der Waals surface area contributed by atoms with Crippen molar-refractivity contribution in [3.63, 3.8) is 0 Å². The molecule has 0 fully saturated rings. The highest BCUT2D eigenvalue weighted by Gasteiger charge is 2.08. The van der Waals surface area contributed by atoms with E-state index in [1.54, 1.807) is 0 Å². The van der Waals surface area contributed by atoms with E-state index >= 15 is 0 Å². The lowest BCUT2D eigenvalue weighted by molar-refractivity contribution is 0.0409. The van der Waals surface area contributed by atoms with Crippen molar-refractivity contribution in [1.29, 1.82) is 0 Å². The maximum absolute atomic E-state index is 5.73. The molecule has 0 aromatic heterocycles. The van der Waals surface area contributed by atoms with Crippen molar-refractivity contribution in [3.8, 4) is 0 Å². The molecule has 0 aromatic carbocycles. The molecule has 0 heterocycles. The first-order chi connectivity index (χ1) is 5.93. The van der Waals surface area contributed by atoms with Crippen LogP contribution in [-0.4, -0.2) is 12.7 Å². The Hall–Kier alpha value is -0.300. The molecule has 1 heteroatoms. The van der Waals surface area contributed by atoms with Gasteiger partial charge in [-0.1, -0.05) is 19.1 Å². The predicted octanol–water partition coefficient (Wildman–Crippen LogP) is 3.30. The van der Waals surface area contributed by atoms with Crippen LogP contribution in [0.25, 0.3) is 0 Å². The van der Waals surface area contributed by atoms with E-state index in [9.17, 15) is 0 Å². The molecule has 0 amide bonds. The Morgan fingerprint density at radius 2 is 2.08 bits per heavy atom. The molecule has 1 atom stereocenters. The number of ether oxygens (including phenoxy) is 1. The molecule has 1 aliphatic carbocycles. The Balaban J connectivity index is 2.18. The van der Waals surface area contributed by atoms with Gasteiger partial charge in [0.25, 0.3) is 0 Å². The summed E-state index contributed by atoms with van der Waals surface area (Å²) in [4.78, 5) is 0. The summed E-state index contributed by atoms with van der Waals surface area (Å²) >= 11 is 0. The Labute approximate surface area is 75.8 Å². The fraction of sp³-hybridized carbons (Fsp3) is 0.818. The molecule has 12 heavy (non-hydrogen) atoms. The van der Waals surface area contributed by atoms with E-state index in [0.29, 0.717) is 6.10 Å².